The van der Waals surface area contributed by atoms with Gasteiger partial charge in [0.05, 0.1) is 11.7 Å². The molecule has 0 N–H and O–H groups in total. The van der Waals surface area contributed by atoms with Crippen molar-refractivity contribution < 1.29 is 4.74 Å². The molecule has 94 valence electrons. The molecule has 2 rings (SSSR count). The smallest absolute Gasteiger partial charge is 0.0710 e. The third-order valence-electron chi connectivity index (χ3n) is 3.90. The van der Waals surface area contributed by atoms with E-state index in [4.69, 9.17) is 4.74 Å². The number of hydrogen-bond donors (Lipinski definition) is 0. The van der Waals surface area contributed by atoms with Crippen molar-refractivity contribution in [3.8, 4) is 0 Å². The maximum Gasteiger partial charge on any atom is 0.0710 e. The van der Waals surface area contributed by atoms with Crippen molar-refractivity contribution in [1.82, 2.24) is 4.90 Å². The zero-order valence-corrected chi connectivity index (χ0v) is 12.1. The first-order valence-corrected chi connectivity index (χ1v) is 7.67. The molecule has 0 bridgehead atoms. The lowest BCUT2D eigenvalue weighted by Gasteiger charge is -2.23. The Balaban J connectivity index is 1.71. The van der Waals surface area contributed by atoms with E-state index in [1.807, 2.05) is 0 Å². The van der Waals surface area contributed by atoms with E-state index in [1.54, 1.807) is 0 Å². The summed E-state index contributed by atoms with van der Waals surface area (Å²) in [5, 5.41) is 1.15. The van der Waals surface area contributed by atoms with Crippen LogP contribution in [0.2, 0.25) is 0 Å². The van der Waals surface area contributed by atoms with Gasteiger partial charge in [0, 0.05) is 18.4 Å². The molecule has 2 aliphatic rings. The summed E-state index contributed by atoms with van der Waals surface area (Å²) in [6.45, 7) is 8.14. The van der Waals surface area contributed by atoms with Crippen LogP contribution in [0.15, 0.2) is 0 Å². The van der Waals surface area contributed by atoms with Crippen LogP contribution in [-0.4, -0.2) is 41.6 Å². The van der Waals surface area contributed by atoms with Gasteiger partial charge in [-0.1, -0.05) is 15.9 Å². The molecule has 0 aromatic carbocycles. The summed E-state index contributed by atoms with van der Waals surface area (Å²) in [5.41, 5.74) is 0.125. The average Bonchev–Trinajstić information content (AvgIpc) is 2.75. The van der Waals surface area contributed by atoms with Gasteiger partial charge in [0.2, 0.25) is 0 Å². The fraction of sp³-hybridized carbons (Fsp3) is 1.00. The van der Waals surface area contributed by atoms with E-state index in [0.717, 1.165) is 17.8 Å². The second-order valence-corrected chi connectivity index (χ2v) is 6.72. The van der Waals surface area contributed by atoms with Crippen molar-refractivity contribution in [3.63, 3.8) is 0 Å². The Kier molecular flexibility index (Phi) is 4.31. The molecule has 2 heterocycles. The monoisotopic (exact) mass is 289 g/mol. The van der Waals surface area contributed by atoms with Crippen LogP contribution >= 0.6 is 15.9 Å². The van der Waals surface area contributed by atoms with Crippen LogP contribution in [0.5, 0.6) is 0 Å². The Morgan fingerprint density at radius 3 is 2.81 bits per heavy atom. The topological polar surface area (TPSA) is 12.5 Å². The van der Waals surface area contributed by atoms with Gasteiger partial charge in [-0.25, -0.2) is 0 Å². The maximum absolute atomic E-state index is 6.05. The van der Waals surface area contributed by atoms with Crippen LogP contribution in [0.4, 0.5) is 0 Å². The highest BCUT2D eigenvalue weighted by molar-refractivity contribution is 9.09. The fourth-order valence-electron chi connectivity index (χ4n) is 2.96. The van der Waals surface area contributed by atoms with Gasteiger partial charge in [-0.15, -0.1) is 0 Å². The number of hydrogen-bond acceptors (Lipinski definition) is 2. The first-order valence-electron chi connectivity index (χ1n) is 6.55. The summed E-state index contributed by atoms with van der Waals surface area (Å²) in [6, 6.07) is 0. The highest BCUT2D eigenvalue weighted by Crippen LogP contribution is 2.31. The highest BCUT2D eigenvalue weighted by Gasteiger charge is 2.33. The van der Waals surface area contributed by atoms with Crippen molar-refractivity contribution in [2.75, 3.05) is 25.0 Å². The van der Waals surface area contributed by atoms with E-state index in [-0.39, 0.29) is 5.60 Å². The molecule has 2 atom stereocenters. The lowest BCUT2D eigenvalue weighted by Crippen LogP contribution is -2.32. The molecule has 2 fully saturated rings. The molecule has 0 spiro atoms. The fourth-order valence-corrected chi connectivity index (χ4v) is 3.61. The Morgan fingerprint density at radius 1 is 1.38 bits per heavy atom. The normalized spacial score (nSPS) is 34.7. The molecule has 16 heavy (non-hydrogen) atoms. The number of likely N-dealkylation sites (tertiary alicyclic amines) is 1. The molecular weight excluding hydrogens is 266 g/mol. The Hall–Kier alpha value is 0.400. The van der Waals surface area contributed by atoms with Crippen LogP contribution in [0.25, 0.3) is 0 Å². The number of rotatable bonds is 4. The predicted octanol–water partition coefficient (Wildman–Crippen LogP) is 3.05. The zero-order valence-electron chi connectivity index (χ0n) is 10.5. The van der Waals surface area contributed by atoms with E-state index in [1.165, 1.54) is 38.8 Å². The van der Waals surface area contributed by atoms with Crippen molar-refractivity contribution in [1.29, 1.82) is 0 Å². The van der Waals surface area contributed by atoms with E-state index in [2.05, 4.69) is 34.7 Å². The van der Waals surface area contributed by atoms with E-state index in [0.29, 0.717) is 6.10 Å². The molecule has 2 unspecified atom stereocenters. The third kappa shape index (κ3) is 3.44. The van der Waals surface area contributed by atoms with Crippen molar-refractivity contribution in [2.24, 2.45) is 5.92 Å². The maximum atomic E-state index is 6.05. The summed E-state index contributed by atoms with van der Waals surface area (Å²) in [4.78, 5) is 2.60. The third-order valence-corrected chi connectivity index (χ3v) is 4.36. The first-order chi connectivity index (χ1) is 7.59. The average molecular weight is 290 g/mol. The van der Waals surface area contributed by atoms with Crippen LogP contribution in [0.3, 0.4) is 0 Å². The molecule has 0 amide bonds. The van der Waals surface area contributed by atoms with Gasteiger partial charge in [0.15, 0.2) is 0 Å². The lowest BCUT2D eigenvalue weighted by molar-refractivity contribution is -0.0265. The largest absolute Gasteiger partial charge is 0.371 e. The Morgan fingerprint density at radius 2 is 2.19 bits per heavy atom. The van der Waals surface area contributed by atoms with Crippen molar-refractivity contribution in [2.45, 2.75) is 51.2 Å². The van der Waals surface area contributed by atoms with E-state index < -0.39 is 0 Å². The Bertz CT molecular complexity index is 232. The number of alkyl halides is 1. The minimum absolute atomic E-state index is 0.125. The lowest BCUT2D eigenvalue weighted by atomic mass is 10.1. The van der Waals surface area contributed by atoms with Gasteiger partial charge in [0.1, 0.15) is 0 Å². The molecular formula is C13H24BrNO. The number of nitrogens with zero attached hydrogens (tertiary/aromatic N) is 1. The van der Waals surface area contributed by atoms with Crippen molar-refractivity contribution in [3.05, 3.63) is 0 Å². The zero-order chi connectivity index (χ0) is 11.6. The molecule has 0 aromatic heterocycles. The number of halogens is 1. The minimum atomic E-state index is 0.125. The van der Waals surface area contributed by atoms with Gasteiger partial charge < -0.3 is 9.64 Å². The quantitative estimate of drug-likeness (QED) is 0.738. The molecule has 0 saturated carbocycles. The summed E-state index contributed by atoms with van der Waals surface area (Å²) >= 11 is 3.54. The predicted molar refractivity (Wildman–Crippen MR) is 71.1 cm³/mol. The second-order valence-electron chi connectivity index (χ2n) is 5.93. The molecule has 0 aromatic rings. The number of ether oxygens (including phenoxy) is 1. The van der Waals surface area contributed by atoms with Gasteiger partial charge in [-0.05, 0) is 52.0 Å². The van der Waals surface area contributed by atoms with Crippen molar-refractivity contribution >= 4 is 15.9 Å². The van der Waals surface area contributed by atoms with E-state index in [9.17, 15) is 0 Å². The SMILES string of the molecule is CC1(C)CCC(CN2CCC(CCBr)C2)O1. The van der Waals surface area contributed by atoms with Gasteiger partial charge >= 0.3 is 0 Å². The standard InChI is InChI=1S/C13H24BrNO/c1-13(2)6-3-12(16-13)10-15-8-5-11(9-15)4-7-14/h11-12H,3-10H2,1-2H3. The summed E-state index contributed by atoms with van der Waals surface area (Å²) in [5.74, 6) is 0.911. The molecule has 2 aliphatic heterocycles. The minimum Gasteiger partial charge on any atom is -0.371 e. The summed E-state index contributed by atoms with van der Waals surface area (Å²) in [6.07, 6.45) is 5.65. The second kappa shape index (κ2) is 5.36. The molecule has 0 radical (unpaired) electrons. The van der Waals surface area contributed by atoms with Gasteiger partial charge in [-0.3, -0.25) is 0 Å². The summed E-state index contributed by atoms with van der Waals surface area (Å²) < 4.78 is 6.05. The Labute approximate surface area is 108 Å². The van der Waals surface area contributed by atoms with Gasteiger partial charge in [0.25, 0.3) is 0 Å². The van der Waals surface area contributed by atoms with Crippen LogP contribution < -0.4 is 0 Å². The van der Waals surface area contributed by atoms with E-state index >= 15 is 0 Å². The first kappa shape index (κ1) is 12.8. The molecule has 0 aliphatic carbocycles. The van der Waals surface area contributed by atoms with Crippen LogP contribution in [0.1, 0.15) is 39.5 Å². The molecule has 2 saturated heterocycles. The van der Waals surface area contributed by atoms with Crippen LogP contribution in [0, 0.1) is 5.92 Å². The highest BCUT2D eigenvalue weighted by atomic mass is 79.9. The van der Waals surface area contributed by atoms with Crippen LogP contribution in [-0.2, 0) is 4.74 Å². The molecule has 2 nitrogen and oxygen atoms in total. The van der Waals surface area contributed by atoms with Gasteiger partial charge in [-0.2, -0.15) is 0 Å². The molecule has 3 heteroatoms. The summed E-state index contributed by atoms with van der Waals surface area (Å²) in [7, 11) is 0.